The third-order valence-corrected chi connectivity index (χ3v) is 2.90. The van der Waals surface area contributed by atoms with E-state index in [0.29, 0.717) is 6.42 Å². The molecule has 1 amide bonds. The Morgan fingerprint density at radius 3 is 2.63 bits per heavy atom. The number of carbonyl (C=O) groups excluding carboxylic acids is 1. The molecule has 2 N–H and O–H groups in total. The molecule has 0 aliphatic heterocycles. The molecule has 0 aliphatic carbocycles. The minimum atomic E-state index is -0.860. The lowest BCUT2D eigenvalue weighted by molar-refractivity contribution is -0.385. The third-order valence-electron chi connectivity index (χ3n) is 2.90. The number of carbonyl (C=O) groups is 1. The molecule has 104 valence electrons. The first kappa shape index (κ1) is 15.0. The van der Waals surface area contributed by atoms with Crippen LogP contribution in [-0.2, 0) is 0 Å². The fourth-order valence-electron chi connectivity index (χ4n) is 1.40. The lowest BCUT2D eigenvalue weighted by Crippen LogP contribution is -2.48. The summed E-state index contributed by atoms with van der Waals surface area (Å²) in [5.41, 5.74) is -1.50. The number of rotatable bonds is 5. The van der Waals surface area contributed by atoms with Crippen LogP contribution in [0, 0.1) is 15.9 Å². The summed E-state index contributed by atoms with van der Waals surface area (Å²) in [6.07, 6.45) is 0.465. The molecule has 1 aromatic rings. The van der Waals surface area contributed by atoms with Crippen molar-refractivity contribution >= 4 is 11.6 Å². The van der Waals surface area contributed by atoms with Crippen molar-refractivity contribution < 1.29 is 19.2 Å². The molecule has 0 aromatic heterocycles. The Bertz CT molecular complexity index is 501. The highest BCUT2D eigenvalue weighted by Crippen LogP contribution is 2.17. The van der Waals surface area contributed by atoms with Gasteiger partial charge in [0.05, 0.1) is 23.1 Å². The number of nitrogens with one attached hydrogen (secondary N) is 1. The standard InChI is InChI=1S/C12H15FN2O4/c1-3-12(2,7-16)14-11(17)8-4-9(13)6-10(5-8)15(18)19/h4-6,16H,3,7H2,1-2H3,(H,14,17). The number of hydrogen-bond acceptors (Lipinski definition) is 4. The number of amides is 1. The summed E-state index contributed by atoms with van der Waals surface area (Å²) in [4.78, 5) is 21.7. The molecular formula is C12H15FN2O4. The van der Waals surface area contributed by atoms with Gasteiger partial charge in [-0.15, -0.1) is 0 Å². The fraction of sp³-hybridized carbons (Fsp3) is 0.417. The Morgan fingerprint density at radius 1 is 1.53 bits per heavy atom. The predicted octanol–water partition coefficient (Wildman–Crippen LogP) is 1.62. The number of nitrogens with zero attached hydrogens (tertiary/aromatic N) is 1. The van der Waals surface area contributed by atoms with Crippen LogP contribution in [0.2, 0.25) is 0 Å². The van der Waals surface area contributed by atoms with Crippen molar-refractivity contribution in [3.8, 4) is 0 Å². The molecule has 0 heterocycles. The molecule has 1 unspecified atom stereocenters. The Morgan fingerprint density at radius 2 is 2.16 bits per heavy atom. The monoisotopic (exact) mass is 270 g/mol. The quantitative estimate of drug-likeness (QED) is 0.628. The van der Waals surface area contributed by atoms with E-state index in [4.69, 9.17) is 0 Å². The van der Waals surface area contributed by atoms with Crippen molar-refractivity contribution in [3.05, 3.63) is 39.7 Å². The molecule has 0 aliphatic rings. The summed E-state index contributed by atoms with van der Waals surface area (Å²) in [7, 11) is 0. The van der Waals surface area contributed by atoms with Crippen molar-refractivity contribution in [3.63, 3.8) is 0 Å². The maximum absolute atomic E-state index is 13.2. The molecular weight excluding hydrogens is 255 g/mol. The van der Waals surface area contributed by atoms with Gasteiger partial charge in [-0.05, 0) is 19.4 Å². The van der Waals surface area contributed by atoms with Gasteiger partial charge in [0.15, 0.2) is 0 Å². The maximum atomic E-state index is 13.2. The number of nitro groups is 1. The van der Waals surface area contributed by atoms with Crippen LogP contribution in [0.3, 0.4) is 0 Å². The summed E-state index contributed by atoms with van der Waals surface area (Å²) >= 11 is 0. The van der Waals surface area contributed by atoms with E-state index in [9.17, 15) is 24.4 Å². The second kappa shape index (κ2) is 5.75. The smallest absolute Gasteiger partial charge is 0.273 e. The number of hydrogen-bond donors (Lipinski definition) is 2. The molecule has 0 fully saturated rings. The van der Waals surface area contributed by atoms with Gasteiger partial charge in [0, 0.05) is 11.6 Å². The minimum absolute atomic E-state index is 0.153. The van der Waals surface area contributed by atoms with Crippen LogP contribution < -0.4 is 5.32 Å². The van der Waals surface area contributed by atoms with E-state index >= 15 is 0 Å². The fourth-order valence-corrected chi connectivity index (χ4v) is 1.40. The summed E-state index contributed by atoms with van der Waals surface area (Å²) in [5.74, 6) is -1.53. The van der Waals surface area contributed by atoms with Gasteiger partial charge in [-0.3, -0.25) is 14.9 Å². The predicted molar refractivity (Wildman–Crippen MR) is 66.3 cm³/mol. The Kier molecular flexibility index (Phi) is 4.55. The van der Waals surface area contributed by atoms with Gasteiger partial charge in [-0.2, -0.15) is 0 Å². The van der Waals surface area contributed by atoms with Gasteiger partial charge in [-0.25, -0.2) is 4.39 Å². The van der Waals surface area contributed by atoms with Crippen molar-refractivity contribution in [1.29, 1.82) is 0 Å². The van der Waals surface area contributed by atoms with E-state index in [1.807, 2.05) is 0 Å². The lowest BCUT2D eigenvalue weighted by Gasteiger charge is -2.27. The molecule has 0 saturated carbocycles. The zero-order valence-corrected chi connectivity index (χ0v) is 10.6. The van der Waals surface area contributed by atoms with E-state index in [1.165, 1.54) is 0 Å². The van der Waals surface area contributed by atoms with E-state index in [2.05, 4.69) is 5.32 Å². The summed E-state index contributed by atoms with van der Waals surface area (Å²) in [5, 5.41) is 22.3. The highest BCUT2D eigenvalue weighted by Gasteiger charge is 2.25. The highest BCUT2D eigenvalue weighted by molar-refractivity contribution is 5.95. The van der Waals surface area contributed by atoms with Gasteiger partial charge in [0.1, 0.15) is 5.82 Å². The van der Waals surface area contributed by atoms with Gasteiger partial charge >= 0.3 is 0 Å². The molecule has 1 aromatic carbocycles. The minimum Gasteiger partial charge on any atom is -0.394 e. The Balaban J connectivity index is 3.03. The summed E-state index contributed by atoms with van der Waals surface area (Å²) in [6.45, 7) is 3.11. The first-order valence-corrected chi connectivity index (χ1v) is 5.69. The molecule has 0 bridgehead atoms. The first-order chi connectivity index (χ1) is 8.81. The zero-order valence-electron chi connectivity index (χ0n) is 10.6. The number of non-ortho nitro benzene ring substituents is 1. The molecule has 0 spiro atoms. The molecule has 19 heavy (non-hydrogen) atoms. The van der Waals surface area contributed by atoms with Gasteiger partial charge < -0.3 is 10.4 Å². The van der Waals surface area contributed by atoms with Crippen molar-refractivity contribution in [1.82, 2.24) is 5.32 Å². The molecule has 1 atom stereocenters. The molecule has 0 radical (unpaired) electrons. The van der Waals surface area contributed by atoms with Crippen LogP contribution in [0.15, 0.2) is 18.2 Å². The summed E-state index contributed by atoms with van der Waals surface area (Å²) in [6, 6.07) is 2.64. The normalized spacial score (nSPS) is 13.7. The first-order valence-electron chi connectivity index (χ1n) is 5.69. The topological polar surface area (TPSA) is 92.5 Å². The number of nitro benzene ring substituents is 1. The number of halogens is 1. The van der Waals surface area contributed by atoms with Crippen LogP contribution in [0.5, 0.6) is 0 Å². The number of benzene rings is 1. The average Bonchev–Trinajstić information content (AvgIpc) is 2.37. The molecule has 6 nitrogen and oxygen atoms in total. The van der Waals surface area contributed by atoms with Gasteiger partial charge in [0.25, 0.3) is 11.6 Å². The Hall–Kier alpha value is -2.02. The van der Waals surface area contributed by atoms with Crippen LogP contribution in [0.4, 0.5) is 10.1 Å². The second-order valence-corrected chi connectivity index (χ2v) is 4.48. The number of aliphatic hydroxyl groups excluding tert-OH is 1. The van der Waals surface area contributed by atoms with E-state index < -0.39 is 27.9 Å². The highest BCUT2D eigenvalue weighted by atomic mass is 19.1. The Labute approximate surface area is 109 Å². The van der Waals surface area contributed by atoms with Crippen LogP contribution in [0.25, 0.3) is 0 Å². The van der Waals surface area contributed by atoms with E-state index in [0.717, 1.165) is 18.2 Å². The largest absolute Gasteiger partial charge is 0.394 e. The number of aliphatic hydroxyl groups is 1. The van der Waals surface area contributed by atoms with Gasteiger partial charge in [0.2, 0.25) is 0 Å². The SMILES string of the molecule is CCC(C)(CO)NC(=O)c1cc(F)cc([N+](=O)[O-])c1. The van der Waals surface area contributed by atoms with E-state index in [-0.39, 0.29) is 12.2 Å². The maximum Gasteiger partial charge on any atom is 0.273 e. The zero-order chi connectivity index (χ0) is 14.6. The lowest BCUT2D eigenvalue weighted by atomic mass is 9.99. The van der Waals surface area contributed by atoms with E-state index in [1.54, 1.807) is 13.8 Å². The molecule has 0 saturated heterocycles. The summed E-state index contributed by atoms with van der Waals surface area (Å²) < 4.78 is 13.2. The second-order valence-electron chi connectivity index (χ2n) is 4.48. The van der Waals surface area contributed by atoms with Crippen LogP contribution in [0.1, 0.15) is 30.6 Å². The third kappa shape index (κ3) is 3.72. The average molecular weight is 270 g/mol. The van der Waals surface area contributed by atoms with Crippen LogP contribution >= 0.6 is 0 Å². The molecule has 7 heteroatoms. The molecule has 1 rings (SSSR count). The van der Waals surface area contributed by atoms with Crippen LogP contribution in [-0.4, -0.2) is 28.1 Å². The van der Waals surface area contributed by atoms with Crippen molar-refractivity contribution in [2.45, 2.75) is 25.8 Å². The van der Waals surface area contributed by atoms with Crippen molar-refractivity contribution in [2.24, 2.45) is 0 Å². The van der Waals surface area contributed by atoms with Crippen molar-refractivity contribution in [2.75, 3.05) is 6.61 Å². The van der Waals surface area contributed by atoms with Gasteiger partial charge in [-0.1, -0.05) is 6.92 Å².